The summed E-state index contributed by atoms with van der Waals surface area (Å²) in [6, 6.07) is 15.3. The number of carbonyl (C=O) groups excluding carboxylic acids is 4. The van der Waals surface area contributed by atoms with Crippen LogP contribution in [0.3, 0.4) is 0 Å². The number of para-hydroxylation sites is 1. The van der Waals surface area contributed by atoms with Crippen LogP contribution in [0.1, 0.15) is 17.5 Å². The minimum absolute atomic E-state index is 0.0862. The van der Waals surface area contributed by atoms with Gasteiger partial charge in [-0.05, 0) is 11.6 Å². The van der Waals surface area contributed by atoms with Gasteiger partial charge in [-0.15, -0.1) is 0 Å². The van der Waals surface area contributed by atoms with Crippen LogP contribution in [0, 0.1) is 11.8 Å². The molecule has 0 aliphatic carbocycles. The van der Waals surface area contributed by atoms with Crippen LogP contribution in [0.2, 0.25) is 0 Å². The Hall–Kier alpha value is -3.52. The second-order valence-electron chi connectivity index (χ2n) is 8.03. The number of amides is 3. The molecular weight excluding hydrogens is 386 g/mol. The average Bonchev–Trinajstić information content (AvgIpc) is 3.29. The summed E-state index contributed by atoms with van der Waals surface area (Å²) >= 11 is 0. The van der Waals surface area contributed by atoms with Crippen LogP contribution in [0.15, 0.2) is 54.6 Å². The lowest BCUT2D eigenvalue weighted by molar-refractivity contribution is -0.733. The van der Waals surface area contributed by atoms with Crippen LogP contribution in [-0.4, -0.2) is 34.6 Å². The van der Waals surface area contributed by atoms with Gasteiger partial charge in [0.2, 0.25) is 17.4 Å². The number of rotatable bonds is 4. The first-order valence-corrected chi connectivity index (χ1v) is 9.79. The van der Waals surface area contributed by atoms with Gasteiger partial charge in [0.25, 0.3) is 5.91 Å². The van der Waals surface area contributed by atoms with Crippen LogP contribution in [0.4, 0.5) is 5.69 Å². The molecule has 0 bridgehead atoms. The lowest BCUT2D eigenvalue weighted by Gasteiger charge is -2.26. The van der Waals surface area contributed by atoms with Crippen molar-refractivity contribution in [3.05, 3.63) is 65.7 Å². The van der Waals surface area contributed by atoms with Gasteiger partial charge in [-0.25, -0.2) is 0 Å². The molecule has 30 heavy (non-hydrogen) atoms. The summed E-state index contributed by atoms with van der Waals surface area (Å²) in [6.07, 6.45) is -0.420. The first kappa shape index (κ1) is 18.5. The Labute approximate surface area is 171 Å². The summed E-state index contributed by atoms with van der Waals surface area (Å²) in [5, 5.41) is 15.8. The Morgan fingerprint density at radius 1 is 1.03 bits per heavy atom. The smallest absolute Gasteiger partial charge is 0.291 e. The van der Waals surface area contributed by atoms with Crippen molar-refractivity contribution in [2.24, 2.45) is 11.8 Å². The van der Waals surface area contributed by atoms with Gasteiger partial charge in [-0.3, -0.25) is 19.3 Å². The summed E-state index contributed by atoms with van der Waals surface area (Å²) in [6.45, 7) is 0.0862. The minimum atomic E-state index is -1.36. The molecule has 3 aliphatic rings. The van der Waals surface area contributed by atoms with E-state index in [1.165, 1.54) is 0 Å². The molecule has 152 valence electrons. The summed E-state index contributed by atoms with van der Waals surface area (Å²) in [7, 11) is 0. The minimum Gasteiger partial charge on any atom is -0.550 e. The molecule has 0 aromatic heterocycles. The average molecular weight is 405 g/mol. The molecule has 2 aromatic rings. The van der Waals surface area contributed by atoms with E-state index in [4.69, 9.17) is 0 Å². The third-order valence-corrected chi connectivity index (χ3v) is 6.45. The van der Waals surface area contributed by atoms with E-state index in [-0.39, 0.29) is 6.54 Å². The quantitative estimate of drug-likeness (QED) is 0.614. The Kier molecular flexibility index (Phi) is 4.01. The van der Waals surface area contributed by atoms with Gasteiger partial charge in [0.1, 0.15) is 17.9 Å². The number of carbonyl (C=O) groups is 4. The zero-order valence-corrected chi connectivity index (χ0v) is 15.9. The molecule has 3 N–H and O–H groups in total. The summed E-state index contributed by atoms with van der Waals surface area (Å²) in [5.74, 6) is -4.48. The predicted molar refractivity (Wildman–Crippen MR) is 101 cm³/mol. The molecule has 8 nitrogen and oxygen atoms in total. The number of nitrogens with two attached hydrogens (primary N) is 1. The van der Waals surface area contributed by atoms with Crippen LogP contribution < -0.4 is 15.7 Å². The highest BCUT2D eigenvalue weighted by Gasteiger charge is 2.74. The van der Waals surface area contributed by atoms with Crippen molar-refractivity contribution < 1.29 is 29.6 Å². The Morgan fingerprint density at radius 3 is 2.47 bits per heavy atom. The molecule has 1 spiro atoms. The van der Waals surface area contributed by atoms with E-state index in [1.54, 1.807) is 29.6 Å². The monoisotopic (exact) mass is 405 g/mol. The van der Waals surface area contributed by atoms with Crippen molar-refractivity contribution in [2.75, 3.05) is 5.32 Å². The Balaban J connectivity index is 1.61. The Morgan fingerprint density at radius 2 is 1.73 bits per heavy atom. The van der Waals surface area contributed by atoms with Crippen molar-refractivity contribution in [1.82, 2.24) is 4.90 Å². The van der Waals surface area contributed by atoms with Crippen molar-refractivity contribution in [1.29, 1.82) is 0 Å². The van der Waals surface area contributed by atoms with Crippen LogP contribution >= 0.6 is 0 Å². The summed E-state index contributed by atoms with van der Waals surface area (Å²) in [4.78, 5) is 52.5. The summed E-state index contributed by atoms with van der Waals surface area (Å²) in [5.41, 5.74) is 0.603. The third-order valence-electron chi connectivity index (χ3n) is 6.45. The molecule has 5 rings (SSSR count). The van der Waals surface area contributed by atoms with E-state index < -0.39 is 53.5 Å². The number of benzene rings is 2. The van der Waals surface area contributed by atoms with E-state index >= 15 is 0 Å². The number of hydrogen-bond acceptors (Lipinski definition) is 5. The second kappa shape index (κ2) is 6.50. The molecule has 0 radical (unpaired) electrons. The first-order chi connectivity index (χ1) is 14.4. The van der Waals surface area contributed by atoms with Crippen molar-refractivity contribution in [2.45, 2.75) is 24.5 Å². The number of aliphatic carboxylic acids is 1. The fourth-order valence-corrected chi connectivity index (χ4v) is 5.28. The van der Waals surface area contributed by atoms with E-state index in [2.05, 4.69) is 5.32 Å². The largest absolute Gasteiger partial charge is 0.550 e. The first-order valence-electron chi connectivity index (χ1n) is 9.79. The van der Waals surface area contributed by atoms with Crippen LogP contribution in [0.5, 0.6) is 0 Å². The van der Waals surface area contributed by atoms with Gasteiger partial charge in [0.15, 0.2) is 0 Å². The number of likely N-dealkylation sites (tertiary alicyclic amines) is 1. The molecule has 0 unspecified atom stereocenters. The van der Waals surface area contributed by atoms with Gasteiger partial charge in [-0.2, -0.15) is 0 Å². The summed E-state index contributed by atoms with van der Waals surface area (Å²) < 4.78 is 0. The number of carboxylic acid groups (broad SMARTS) is 1. The van der Waals surface area contributed by atoms with Crippen molar-refractivity contribution >= 4 is 29.4 Å². The number of imide groups is 1. The molecule has 3 amide bonds. The van der Waals surface area contributed by atoms with E-state index in [9.17, 15) is 24.3 Å². The number of anilines is 1. The highest BCUT2D eigenvalue weighted by atomic mass is 16.4. The zero-order chi connectivity index (χ0) is 21.0. The van der Waals surface area contributed by atoms with Crippen molar-refractivity contribution in [3.63, 3.8) is 0 Å². The number of fused-ring (bicyclic) bond motifs is 4. The molecule has 2 aromatic carbocycles. The molecule has 3 aliphatic heterocycles. The fourth-order valence-electron chi connectivity index (χ4n) is 5.28. The SMILES string of the molecule is O=C([O-])C[C@@H]1[NH2+][C@@]2(C(=O)Nc3ccccc32)[C@@H]2C(=O)N(Cc3ccccc3)C(=O)[C@H]12. The van der Waals surface area contributed by atoms with E-state index in [1.807, 2.05) is 30.3 Å². The lowest BCUT2D eigenvalue weighted by atomic mass is 9.76. The van der Waals surface area contributed by atoms with E-state index in [0.29, 0.717) is 11.3 Å². The van der Waals surface area contributed by atoms with Crippen molar-refractivity contribution in [3.8, 4) is 0 Å². The number of hydrogen-bond donors (Lipinski definition) is 2. The highest BCUT2D eigenvalue weighted by Crippen LogP contribution is 2.49. The standard InChI is InChI=1S/C22H19N3O5/c26-16(27)10-15-17-18(20(29)25(19(17)28)11-12-6-2-1-3-7-12)22(24-15)13-8-4-5-9-14(13)23-21(22)30/h1-9,15,17-18,24H,10-11H2,(H,23,30)(H,26,27)/t15-,17+,18-,22+/m0/s1. The molecule has 4 atom stereocenters. The Bertz CT molecular complexity index is 1090. The molecule has 2 fully saturated rings. The lowest BCUT2D eigenvalue weighted by Crippen LogP contribution is -2.99. The number of nitrogens with zero attached hydrogens (tertiary/aromatic N) is 1. The van der Waals surface area contributed by atoms with Gasteiger partial charge in [0, 0.05) is 18.0 Å². The molecule has 8 heteroatoms. The zero-order valence-electron chi connectivity index (χ0n) is 15.9. The van der Waals surface area contributed by atoms with Gasteiger partial charge >= 0.3 is 0 Å². The normalized spacial score (nSPS) is 29.3. The maximum absolute atomic E-state index is 13.5. The fraction of sp³-hybridized carbons (Fsp3) is 0.273. The number of quaternary nitrogens is 1. The molecular formula is C22H19N3O5. The topological polar surface area (TPSA) is 123 Å². The van der Waals surface area contributed by atoms with Gasteiger partial charge < -0.3 is 20.5 Å². The van der Waals surface area contributed by atoms with Gasteiger partial charge in [-0.1, -0.05) is 48.5 Å². The number of carboxylic acids is 1. The molecule has 3 heterocycles. The maximum atomic E-state index is 13.5. The van der Waals surface area contributed by atoms with Crippen LogP contribution in [-0.2, 0) is 31.3 Å². The van der Waals surface area contributed by atoms with E-state index in [0.717, 1.165) is 10.5 Å². The van der Waals surface area contributed by atoms with Gasteiger partial charge in [0.05, 0.1) is 12.2 Å². The predicted octanol–water partition coefficient (Wildman–Crippen LogP) is -1.28. The highest BCUT2D eigenvalue weighted by molar-refractivity contribution is 6.13. The molecule has 0 saturated carbocycles. The van der Waals surface area contributed by atoms with Crippen LogP contribution in [0.25, 0.3) is 0 Å². The second-order valence-corrected chi connectivity index (χ2v) is 8.03. The maximum Gasteiger partial charge on any atom is 0.291 e. The number of nitrogens with one attached hydrogen (secondary N) is 1. The molecule has 2 saturated heterocycles. The third kappa shape index (κ3) is 2.43.